The fourth-order valence-electron chi connectivity index (χ4n) is 3.70. The third kappa shape index (κ3) is 4.24. The Bertz CT molecular complexity index is 697. The molecule has 2 aliphatic rings. The molecule has 0 saturated carbocycles. The molecule has 3 N–H and O–H groups in total. The Morgan fingerprint density at radius 3 is 2.68 bits per heavy atom. The van der Waals surface area contributed by atoms with Crippen LogP contribution in [0.25, 0.3) is 0 Å². The second-order valence-electron chi connectivity index (χ2n) is 6.78. The zero-order valence-corrected chi connectivity index (χ0v) is 15.6. The third-order valence-corrected chi connectivity index (χ3v) is 5.11. The van der Waals surface area contributed by atoms with Gasteiger partial charge in [0.15, 0.2) is 6.29 Å². The maximum absolute atomic E-state index is 12.8. The lowest BCUT2D eigenvalue weighted by Gasteiger charge is -2.43. The van der Waals surface area contributed by atoms with E-state index in [1.165, 1.54) is 12.1 Å². The summed E-state index contributed by atoms with van der Waals surface area (Å²) in [6.45, 7) is 5.43. The highest BCUT2D eigenvalue weighted by Gasteiger charge is 2.52. The predicted octanol–water partition coefficient (Wildman–Crippen LogP) is 2.02. The Kier molecular flexibility index (Phi) is 6.13. The largest absolute Gasteiger partial charge is 0.416 e. The number of nitrogens with zero attached hydrogens (tertiary/aromatic N) is 1. The first kappa shape index (κ1) is 20.8. The number of aliphatic hydroxyl groups excluding tert-OH is 1. The van der Waals surface area contributed by atoms with Crippen molar-refractivity contribution in [3.63, 3.8) is 0 Å². The number of aliphatic hydroxyl groups is 1. The zero-order valence-electron chi connectivity index (χ0n) is 15.6. The molecule has 2 fully saturated rings. The van der Waals surface area contributed by atoms with Gasteiger partial charge in [0.1, 0.15) is 6.10 Å². The van der Waals surface area contributed by atoms with Gasteiger partial charge in [-0.25, -0.2) is 4.79 Å². The first-order chi connectivity index (χ1) is 13.2. The summed E-state index contributed by atoms with van der Waals surface area (Å²) in [5.74, 6) is 0. The van der Waals surface area contributed by atoms with Gasteiger partial charge in [-0.2, -0.15) is 13.2 Å². The van der Waals surface area contributed by atoms with Crippen LogP contribution >= 0.6 is 0 Å². The van der Waals surface area contributed by atoms with Gasteiger partial charge >= 0.3 is 12.2 Å². The number of fused-ring (bicyclic) bond motifs is 2. The molecule has 2 aliphatic heterocycles. The number of benzene rings is 1. The maximum atomic E-state index is 12.8. The summed E-state index contributed by atoms with van der Waals surface area (Å²) in [6.07, 6.45) is -6.56. The van der Waals surface area contributed by atoms with E-state index < -0.39 is 48.4 Å². The Labute approximate surface area is 160 Å². The highest BCUT2D eigenvalue weighted by atomic mass is 19.4. The number of halogens is 3. The molecule has 1 aromatic rings. The Morgan fingerprint density at radius 2 is 2.04 bits per heavy atom. The SMILES string of the molecule is CCN(CC)[C@H]1[C@@H]2OC[C@@H](O2)[C@@H](NC(=O)Nc2cccc(C(F)(F)F)c2)[C@@H]1O. The van der Waals surface area contributed by atoms with Crippen LogP contribution in [-0.4, -0.2) is 66.3 Å². The fourth-order valence-corrected chi connectivity index (χ4v) is 3.70. The number of nitrogens with one attached hydrogen (secondary N) is 2. The average Bonchev–Trinajstić information content (AvgIpc) is 3.07. The smallest absolute Gasteiger partial charge is 0.389 e. The minimum Gasteiger partial charge on any atom is -0.389 e. The van der Waals surface area contributed by atoms with E-state index in [9.17, 15) is 23.1 Å². The van der Waals surface area contributed by atoms with Crippen LogP contribution in [0.2, 0.25) is 0 Å². The van der Waals surface area contributed by atoms with Crippen molar-refractivity contribution in [1.29, 1.82) is 0 Å². The number of hydrogen-bond acceptors (Lipinski definition) is 5. The summed E-state index contributed by atoms with van der Waals surface area (Å²) >= 11 is 0. The Morgan fingerprint density at radius 1 is 1.32 bits per heavy atom. The predicted molar refractivity (Wildman–Crippen MR) is 94.7 cm³/mol. The molecule has 10 heteroatoms. The van der Waals surface area contributed by atoms with Crippen LogP contribution in [0.5, 0.6) is 0 Å². The molecule has 28 heavy (non-hydrogen) atoms. The fraction of sp³-hybridized carbons (Fsp3) is 0.611. The maximum Gasteiger partial charge on any atom is 0.416 e. The van der Waals surface area contributed by atoms with Crippen LogP contribution in [0, 0.1) is 0 Å². The van der Waals surface area contributed by atoms with E-state index in [4.69, 9.17) is 9.47 Å². The van der Waals surface area contributed by atoms with Crippen LogP contribution in [0.3, 0.4) is 0 Å². The van der Waals surface area contributed by atoms with E-state index in [0.29, 0.717) is 13.1 Å². The minimum atomic E-state index is -4.51. The number of carbonyl (C=O) groups excluding carboxylic acids is 1. The van der Waals surface area contributed by atoms with Gasteiger partial charge in [-0.1, -0.05) is 19.9 Å². The van der Waals surface area contributed by atoms with Crippen LogP contribution in [0.15, 0.2) is 24.3 Å². The summed E-state index contributed by atoms with van der Waals surface area (Å²) in [5.41, 5.74) is -0.862. The van der Waals surface area contributed by atoms with Crippen molar-refractivity contribution >= 4 is 11.7 Å². The third-order valence-electron chi connectivity index (χ3n) is 5.11. The average molecular weight is 403 g/mol. The molecule has 0 unspecified atom stereocenters. The first-order valence-corrected chi connectivity index (χ1v) is 9.18. The molecule has 2 bridgehead atoms. The summed E-state index contributed by atoms with van der Waals surface area (Å²) < 4.78 is 49.8. The zero-order chi connectivity index (χ0) is 20.5. The van der Waals surface area contributed by atoms with Crippen molar-refractivity contribution < 1.29 is 32.5 Å². The van der Waals surface area contributed by atoms with Crippen molar-refractivity contribution in [3.8, 4) is 0 Å². The van der Waals surface area contributed by atoms with Gasteiger partial charge < -0.3 is 25.2 Å². The molecule has 1 aromatic carbocycles. The van der Waals surface area contributed by atoms with Crippen LogP contribution in [-0.2, 0) is 15.7 Å². The number of likely N-dealkylation sites (N-methyl/N-ethyl adjacent to an activating group) is 1. The van der Waals surface area contributed by atoms with Gasteiger partial charge in [0.2, 0.25) is 0 Å². The number of hydrogen-bond donors (Lipinski definition) is 3. The number of amides is 2. The summed E-state index contributed by atoms with van der Waals surface area (Å²) in [5, 5.41) is 15.8. The molecule has 156 valence electrons. The van der Waals surface area contributed by atoms with Crippen molar-refractivity contribution in [2.24, 2.45) is 0 Å². The van der Waals surface area contributed by atoms with E-state index in [-0.39, 0.29) is 12.3 Å². The van der Waals surface area contributed by atoms with Gasteiger partial charge in [0.25, 0.3) is 0 Å². The summed E-state index contributed by atoms with van der Waals surface area (Å²) in [7, 11) is 0. The van der Waals surface area contributed by atoms with E-state index in [1.807, 2.05) is 18.7 Å². The quantitative estimate of drug-likeness (QED) is 0.701. The number of rotatable bonds is 5. The molecule has 2 heterocycles. The number of carbonyl (C=O) groups is 1. The summed E-state index contributed by atoms with van der Waals surface area (Å²) in [4.78, 5) is 14.3. The van der Waals surface area contributed by atoms with Crippen molar-refractivity contribution in [2.45, 2.75) is 50.6 Å². The monoisotopic (exact) mass is 403 g/mol. The standard InChI is InChI=1S/C18H24F3N3O4/c1-3-24(4-2)14-15(25)13(12-9-27-16(14)28-12)23-17(26)22-11-7-5-6-10(8-11)18(19,20)21/h5-8,12-16,25H,3-4,9H2,1-2H3,(H2,22,23,26)/t12-,13-,14-,15+,16-/m1/s1. The molecular formula is C18H24F3N3O4. The highest BCUT2D eigenvalue weighted by molar-refractivity contribution is 5.89. The van der Waals surface area contributed by atoms with Gasteiger partial charge in [-0.3, -0.25) is 4.90 Å². The second kappa shape index (κ2) is 8.24. The Balaban J connectivity index is 1.69. The van der Waals surface area contributed by atoms with Gasteiger partial charge in [0.05, 0.1) is 30.4 Å². The molecule has 2 amide bonds. The van der Waals surface area contributed by atoms with E-state index in [1.54, 1.807) is 0 Å². The van der Waals surface area contributed by atoms with Gasteiger partial charge in [0, 0.05) is 5.69 Å². The van der Waals surface area contributed by atoms with Crippen molar-refractivity contribution in [2.75, 3.05) is 25.0 Å². The van der Waals surface area contributed by atoms with E-state index >= 15 is 0 Å². The van der Waals surface area contributed by atoms with Gasteiger partial charge in [-0.05, 0) is 31.3 Å². The lowest BCUT2D eigenvalue weighted by molar-refractivity contribution is -0.179. The van der Waals surface area contributed by atoms with E-state index in [2.05, 4.69) is 10.6 Å². The Hall–Kier alpha value is -1.88. The molecular weight excluding hydrogens is 379 g/mol. The number of ether oxygens (including phenoxy) is 2. The first-order valence-electron chi connectivity index (χ1n) is 9.18. The molecule has 0 radical (unpaired) electrons. The van der Waals surface area contributed by atoms with Gasteiger partial charge in [-0.15, -0.1) is 0 Å². The molecule has 0 aromatic heterocycles. The van der Waals surface area contributed by atoms with Crippen LogP contribution in [0.1, 0.15) is 19.4 Å². The highest BCUT2D eigenvalue weighted by Crippen LogP contribution is 2.32. The van der Waals surface area contributed by atoms with Crippen LogP contribution in [0.4, 0.5) is 23.7 Å². The number of alkyl halides is 3. The molecule has 7 nitrogen and oxygen atoms in total. The van der Waals surface area contributed by atoms with Crippen LogP contribution < -0.4 is 10.6 Å². The lowest BCUT2D eigenvalue weighted by atomic mass is 9.95. The number of urea groups is 1. The second-order valence-corrected chi connectivity index (χ2v) is 6.78. The van der Waals surface area contributed by atoms with E-state index in [0.717, 1.165) is 12.1 Å². The molecule has 0 spiro atoms. The lowest BCUT2D eigenvalue weighted by Crippen LogP contribution is -2.65. The number of anilines is 1. The normalized spacial score (nSPS) is 29.8. The molecule has 0 aliphatic carbocycles. The molecule has 3 rings (SSSR count). The van der Waals surface area contributed by atoms with Crippen molar-refractivity contribution in [1.82, 2.24) is 10.2 Å². The molecule has 2 saturated heterocycles. The summed E-state index contributed by atoms with van der Waals surface area (Å²) in [6, 6.07) is 2.41. The van der Waals surface area contributed by atoms with Crippen molar-refractivity contribution in [3.05, 3.63) is 29.8 Å². The molecule has 5 atom stereocenters. The minimum absolute atomic E-state index is 0.000570. The topological polar surface area (TPSA) is 83.1 Å².